The largest absolute Gasteiger partial charge is 0.416 e. The number of rotatable bonds is 4. The fraction of sp³-hybridized carbons (Fsp3) is 0.136. The van der Waals surface area contributed by atoms with Crippen LogP contribution in [0, 0.1) is 5.82 Å². The average molecular weight is 448 g/mol. The highest BCUT2D eigenvalue weighted by molar-refractivity contribution is 7.92. The van der Waals surface area contributed by atoms with Crippen molar-refractivity contribution in [2.45, 2.75) is 17.5 Å². The average Bonchev–Trinajstić information content (AvgIpc) is 2.72. The van der Waals surface area contributed by atoms with E-state index in [4.69, 9.17) is 0 Å². The van der Waals surface area contributed by atoms with Crippen molar-refractivity contribution >= 4 is 21.4 Å². The zero-order valence-electron chi connectivity index (χ0n) is 15.9. The Morgan fingerprint density at radius 3 is 2.48 bits per heavy atom. The first-order chi connectivity index (χ1) is 14.6. The number of benzene rings is 3. The summed E-state index contributed by atoms with van der Waals surface area (Å²) in [5.41, 5.74) is 1.75. The Morgan fingerprint density at radius 1 is 0.935 bits per heavy atom. The Morgan fingerprint density at radius 2 is 1.71 bits per heavy atom. The number of nitrogens with one attached hydrogen (secondary N) is 1. The van der Waals surface area contributed by atoms with Crippen molar-refractivity contribution in [3.05, 3.63) is 94.8 Å². The molecule has 0 atom stereocenters. The molecule has 1 N–H and O–H groups in total. The summed E-state index contributed by atoms with van der Waals surface area (Å²) in [5, 5.41) is 0. The van der Waals surface area contributed by atoms with Gasteiger partial charge in [-0.3, -0.25) is 9.71 Å². The van der Waals surface area contributed by atoms with Crippen molar-refractivity contribution in [1.82, 2.24) is 0 Å². The van der Waals surface area contributed by atoms with Crippen LogP contribution < -0.4 is 4.72 Å². The van der Waals surface area contributed by atoms with Crippen LogP contribution in [0.15, 0.2) is 76.6 Å². The van der Waals surface area contributed by atoms with Crippen molar-refractivity contribution in [2.75, 3.05) is 11.3 Å². The van der Waals surface area contributed by atoms with Crippen LogP contribution in [0.2, 0.25) is 0 Å². The molecule has 1 aliphatic rings. The molecule has 1 aliphatic heterocycles. The van der Waals surface area contributed by atoms with Crippen LogP contribution in [0.5, 0.6) is 0 Å². The van der Waals surface area contributed by atoms with Crippen molar-refractivity contribution in [2.24, 2.45) is 4.99 Å². The van der Waals surface area contributed by atoms with E-state index in [1.165, 1.54) is 24.3 Å². The number of hydrogen-bond acceptors (Lipinski definition) is 3. The lowest BCUT2D eigenvalue weighted by Gasteiger charge is -2.18. The van der Waals surface area contributed by atoms with Gasteiger partial charge in [0.1, 0.15) is 5.82 Å². The summed E-state index contributed by atoms with van der Waals surface area (Å²) in [6, 6.07) is 14.3. The van der Waals surface area contributed by atoms with Crippen LogP contribution in [0.25, 0.3) is 0 Å². The van der Waals surface area contributed by atoms with E-state index in [1.807, 2.05) is 0 Å². The highest BCUT2D eigenvalue weighted by atomic mass is 32.2. The van der Waals surface area contributed by atoms with Crippen molar-refractivity contribution < 1.29 is 26.0 Å². The normalized spacial score (nSPS) is 14.0. The van der Waals surface area contributed by atoms with Gasteiger partial charge in [0.05, 0.1) is 16.2 Å². The van der Waals surface area contributed by atoms with Gasteiger partial charge < -0.3 is 0 Å². The second-order valence-corrected chi connectivity index (χ2v) is 8.68. The van der Waals surface area contributed by atoms with Gasteiger partial charge in [-0.2, -0.15) is 13.2 Å². The van der Waals surface area contributed by atoms with E-state index in [0.29, 0.717) is 35.9 Å². The van der Waals surface area contributed by atoms with E-state index in [1.54, 1.807) is 18.2 Å². The van der Waals surface area contributed by atoms with E-state index >= 15 is 0 Å². The molecule has 3 aromatic rings. The molecule has 4 rings (SSSR count). The van der Waals surface area contributed by atoms with Crippen LogP contribution in [0.3, 0.4) is 0 Å². The summed E-state index contributed by atoms with van der Waals surface area (Å²) < 4.78 is 80.2. The molecule has 160 valence electrons. The molecule has 0 aliphatic carbocycles. The minimum atomic E-state index is -4.66. The van der Waals surface area contributed by atoms with E-state index in [0.717, 1.165) is 23.8 Å². The van der Waals surface area contributed by atoms with Gasteiger partial charge in [-0.15, -0.1) is 0 Å². The number of hydrogen-bond donors (Lipinski definition) is 1. The maximum absolute atomic E-state index is 13.8. The van der Waals surface area contributed by atoms with Gasteiger partial charge in [0.25, 0.3) is 10.0 Å². The van der Waals surface area contributed by atoms with Crippen LogP contribution in [-0.4, -0.2) is 20.7 Å². The van der Waals surface area contributed by atoms with Crippen molar-refractivity contribution in [3.8, 4) is 0 Å². The van der Waals surface area contributed by atoms with E-state index < -0.39 is 32.5 Å². The van der Waals surface area contributed by atoms with Gasteiger partial charge in [0.15, 0.2) is 0 Å². The fourth-order valence-electron chi connectivity index (χ4n) is 3.39. The minimum absolute atomic E-state index is 0.154. The van der Waals surface area contributed by atoms with Gasteiger partial charge in [0.2, 0.25) is 0 Å². The molecule has 0 aromatic heterocycles. The Kier molecular flexibility index (Phi) is 5.30. The third-order valence-corrected chi connectivity index (χ3v) is 6.22. The lowest BCUT2D eigenvalue weighted by atomic mass is 9.93. The number of halogens is 4. The van der Waals surface area contributed by atoms with Crippen LogP contribution >= 0.6 is 0 Å². The maximum atomic E-state index is 13.8. The molecule has 9 heteroatoms. The molecule has 31 heavy (non-hydrogen) atoms. The molecular formula is C22H16F4N2O2S. The predicted octanol–water partition coefficient (Wildman–Crippen LogP) is 5.04. The quantitative estimate of drug-likeness (QED) is 0.569. The number of fused-ring (bicyclic) bond motifs is 1. The highest BCUT2D eigenvalue weighted by Crippen LogP contribution is 2.31. The topological polar surface area (TPSA) is 58.5 Å². The minimum Gasteiger partial charge on any atom is -0.284 e. The molecule has 3 aromatic carbocycles. The number of nitrogens with zero attached hydrogens (tertiary/aromatic N) is 1. The molecule has 0 unspecified atom stereocenters. The standard InChI is InChI=1S/C22H16F4N2O2S/c23-17-8-7-14-9-10-27-21(20(14)13-17)15-3-1-5-18(11-15)28-31(29,30)19-6-2-4-16(12-19)22(24,25)26/h1-8,11-13,28H,9-10H2. The summed E-state index contributed by atoms with van der Waals surface area (Å²) in [4.78, 5) is 3.96. The first-order valence-electron chi connectivity index (χ1n) is 9.27. The molecule has 0 saturated carbocycles. The zero-order chi connectivity index (χ0) is 22.2. The van der Waals surface area contributed by atoms with Crippen LogP contribution in [-0.2, 0) is 22.6 Å². The lowest BCUT2D eigenvalue weighted by molar-refractivity contribution is -0.137. The Hall–Kier alpha value is -3.20. The zero-order valence-corrected chi connectivity index (χ0v) is 16.8. The second-order valence-electron chi connectivity index (χ2n) is 6.99. The third-order valence-electron chi connectivity index (χ3n) is 4.84. The number of sulfonamides is 1. The first kappa shape index (κ1) is 21.0. The Labute approximate surface area is 176 Å². The molecule has 1 heterocycles. The van der Waals surface area contributed by atoms with E-state index in [2.05, 4.69) is 9.71 Å². The summed E-state index contributed by atoms with van der Waals surface area (Å²) in [5.74, 6) is -0.408. The number of aliphatic imine (C=N–C) groups is 1. The van der Waals surface area contributed by atoms with Gasteiger partial charge in [0, 0.05) is 23.4 Å². The molecule has 0 amide bonds. The second kappa shape index (κ2) is 7.81. The Bertz CT molecular complexity index is 1280. The lowest BCUT2D eigenvalue weighted by Crippen LogP contribution is -2.16. The monoisotopic (exact) mass is 448 g/mol. The SMILES string of the molecule is O=S(=O)(Nc1cccc(C2=NCCc3ccc(F)cc32)c1)c1cccc(C(F)(F)F)c1. The molecule has 0 radical (unpaired) electrons. The summed E-state index contributed by atoms with van der Waals surface area (Å²) >= 11 is 0. The first-order valence-corrected chi connectivity index (χ1v) is 10.8. The smallest absolute Gasteiger partial charge is 0.284 e. The van der Waals surface area contributed by atoms with Crippen LogP contribution in [0.4, 0.5) is 23.2 Å². The number of alkyl halides is 3. The predicted molar refractivity (Wildman–Crippen MR) is 109 cm³/mol. The highest BCUT2D eigenvalue weighted by Gasteiger charge is 2.31. The van der Waals surface area contributed by atoms with E-state index in [-0.39, 0.29) is 5.69 Å². The molecular weight excluding hydrogens is 432 g/mol. The Balaban J connectivity index is 1.66. The molecule has 0 saturated heterocycles. The maximum Gasteiger partial charge on any atom is 0.416 e. The van der Waals surface area contributed by atoms with Crippen LogP contribution in [0.1, 0.15) is 22.3 Å². The fourth-order valence-corrected chi connectivity index (χ4v) is 4.49. The molecule has 0 spiro atoms. The molecule has 0 fully saturated rings. The van der Waals surface area contributed by atoms with Gasteiger partial charge >= 0.3 is 6.18 Å². The summed E-state index contributed by atoms with van der Waals surface area (Å²) in [6.45, 7) is 0.508. The molecule has 4 nitrogen and oxygen atoms in total. The molecule has 0 bridgehead atoms. The number of anilines is 1. The third kappa shape index (κ3) is 4.46. The summed E-state index contributed by atoms with van der Waals surface area (Å²) in [7, 11) is -4.26. The summed E-state index contributed by atoms with van der Waals surface area (Å²) in [6.07, 6.45) is -3.99. The van der Waals surface area contributed by atoms with Crippen molar-refractivity contribution in [3.63, 3.8) is 0 Å². The van der Waals surface area contributed by atoms with Gasteiger partial charge in [-0.25, -0.2) is 12.8 Å². The van der Waals surface area contributed by atoms with Gasteiger partial charge in [-0.05, 0) is 54.4 Å². The van der Waals surface area contributed by atoms with E-state index in [9.17, 15) is 26.0 Å². The van der Waals surface area contributed by atoms with Crippen molar-refractivity contribution in [1.29, 1.82) is 0 Å². The van der Waals surface area contributed by atoms with Gasteiger partial charge in [-0.1, -0.05) is 24.3 Å².